The van der Waals surface area contributed by atoms with Gasteiger partial charge in [-0.3, -0.25) is 5.10 Å². The SMILES string of the molecule is Cc1n[nH]c(C)c1-c1c(-c2ccccc2)ncn1[C@H](C)CCCC(C)(C)O. The van der Waals surface area contributed by atoms with Gasteiger partial charge in [0, 0.05) is 22.9 Å². The number of aryl methyl sites for hydroxylation is 2. The Bertz CT molecular complexity index is 867. The largest absolute Gasteiger partial charge is 0.390 e. The van der Waals surface area contributed by atoms with Gasteiger partial charge < -0.3 is 9.67 Å². The second-order valence-corrected chi connectivity index (χ2v) is 8.08. The summed E-state index contributed by atoms with van der Waals surface area (Å²) in [5.41, 5.74) is 5.74. The molecule has 2 N–H and O–H groups in total. The summed E-state index contributed by atoms with van der Waals surface area (Å²) in [5, 5.41) is 17.5. The maximum Gasteiger partial charge on any atom is 0.0964 e. The minimum absolute atomic E-state index is 0.279. The molecule has 0 saturated carbocycles. The van der Waals surface area contributed by atoms with E-state index in [2.05, 4.69) is 40.7 Å². The summed E-state index contributed by atoms with van der Waals surface area (Å²) in [6.07, 6.45) is 4.68. The van der Waals surface area contributed by atoms with Crippen molar-refractivity contribution in [2.24, 2.45) is 0 Å². The summed E-state index contributed by atoms with van der Waals surface area (Å²) in [7, 11) is 0. The second-order valence-electron chi connectivity index (χ2n) is 8.08. The van der Waals surface area contributed by atoms with Crippen LogP contribution in [0.25, 0.3) is 22.5 Å². The molecule has 27 heavy (non-hydrogen) atoms. The Balaban J connectivity index is 2.01. The minimum Gasteiger partial charge on any atom is -0.390 e. The molecule has 5 heteroatoms. The molecule has 1 atom stereocenters. The molecule has 3 rings (SSSR count). The Hall–Kier alpha value is -2.40. The van der Waals surface area contributed by atoms with Crippen LogP contribution < -0.4 is 0 Å². The number of hydrogen-bond acceptors (Lipinski definition) is 3. The molecule has 0 aliphatic rings. The van der Waals surface area contributed by atoms with Gasteiger partial charge in [-0.15, -0.1) is 0 Å². The van der Waals surface area contributed by atoms with Crippen LogP contribution in [0.1, 0.15) is 57.5 Å². The predicted molar refractivity (Wildman–Crippen MR) is 110 cm³/mol. The van der Waals surface area contributed by atoms with Crippen molar-refractivity contribution in [3.8, 4) is 22.5 Å². The molecule has 0 spiro atoms. The van der Waals surface area contributed by atoms with Gasteiger partial charge in [-0.05, 0) is 53.9 Å². The molecule has 0 fully saturated rings. The molecule has 2 aromatic heterocycles. The quantitative estimate of drug-likeness (QED) is 0.614. The van der Waals surface area contributed by atoms with Gasteiger partial charge in [0.15, 0.2) is 0 Å². The molecule has 0 aliphatic carbocycles. The number of imidazole rings is 1. The van der Waals surface area contributed by atoms with Gasteiger partial charge >= 0.3 is 0 Å². The topological polar surface area (TPSA) is 66.7 Å². The van der Waals surface area contributed by atoms with Gasteiger partial charge in [-0.25, -0.2) is 4.98 Å². The standard InChI is InChI=1S/C22H30N4O/c1-15(10-9-13-22(4,5)27)26-14-23-20(18-11-7-6-8-12-18)21(26)19-16(2)24-25-17(19)3/h6-8,11-12,14-15,27H,9-10,13H2,1-5H3,(H,24,25)/t15-/m1/s1. The zero-order chi connectivity index (χ0) is 19.6. The summed E-state index contributed by atoms with van der Waals surface area (Å²) in [6, 6.07) is 10.6. The summed E-state index contributed by atoms with van der Waals surface area (Å²) >= 11 is 0. The number of hydrogen-bond donors (Lipinski definition) is 2. The van der Waals surface area contributed by atoms with E-state index in [1.807, 2.05) is 45.3 Å². The Morgan fingerprint density at radius 2 is 1.89 bits per heavy atom. The third-order valence-electron chi connectivity index (χ3n) is 5.09. The van der Waals surface area contributed by atoms with E-state index >= 15 is 0 Å². The Kier molecular flexibility index (Phi) is 5.51. The minimum atomic E-state index is -0.621. The number of aliphatic hydroxyl groups is 1. The van der Waals surface area contributed by atoms with Crippen molar-refractivity contribution in [3.05, 3.63) is 48.0 Å². The molecule has 3 aromatic rings. The van der Waals surface area contributed by atoms with Crippen LogP contribution in [0.15, 0.2) is 36.7 Å². The van der Waals surface area contributed by atoms with E-state index in [4.69, 9.17) is 4.98 Å². The Morgan fingerprint density at radius 1 is 1.19 bits per heavy atom. The third-order valence-corrected chi connectivity index (χ3v) is 5.09. The van der Waals surface area contributed by atoms with Crippen molar-refractivity contribution < 1.29 is 5.11 Å². The van der Waals surface area contributed by atoms with Crippen LogP contribution in [0.2, 0.25) is 0 Å². The first-order valence-corrected chi connectivity index (χ1v) is 9.64. The molecule has 0 radical (unpaired) electrons. The molecule has 0 aliphatic heterocycles. The van der Waals surface area contributed by atoms with Crippen LogP contribution in [0.5, 0.6) is 0 Å². The van der Waals surface area contributed by atoms with Crippen LogP contribution in [-0.2, 0) is 0 Å². The molecule has 0 unspecified atom stereocenters. The zero-order valence-corrected chi connectivity index (χ0v) is 17.0. The van der Waals surface area contributed by atoms with Gasteiger partial charge in [0.2, 0.25) is 0 Å². The summed E-state index contributed by atoms with van der Waals surface area (Å²) < 4.78 is 2.26. The van der Waals surface area contributed by atoms with Crippen molar-refractivity contribution in [1.82, 2.24) is 19.7 Å². The van der Waals surface area contributed by atoms with Gasteiger partial charge in [-0.1, -0.05) is 30.3 Å². The molecule has 0 saturated heterocycles. The maximum atomic E-state index is 10.00. The lowest BCUT2D eigenvalue weighted by Crippen LogP contribution is -2.18. The smallest absolute Gasteiger partial charge is 0.0964 e. The number of aromatic nitrogens is 4. The highest BCUT2D eigenvalue weighted by Gasteiger charge is 2.23. The van der Waals surface area contributed by atoms with Crippen molar-refractivity contribution >= 4 is 0 Å². The number of H-pyrrole nitrogens is 1. The number of nitrogens with one attached hydrogen (secondary N) is 1. The number of aromatic amines is 1. The van der Waals surface area contributed by atoms with E-state index in [1.165, 1.54) is 0 Å². The van der Waals surface area contributed by atoms with Gasteiger partial charge in [0.1, 0.15) is 0 Å². The number of benzene rings is 1. The van der Waals surface area contributed by atoms with E-state index < -0.39 is 5.60 Å². The van der Waals surface area contributed by atoms with Crippen LogP contribution in [0, 0.1) is 13.8 Å². The average molecular weight is 367 g/mol. The molecular weight excluding hydrogens is 336 g/mol. The van der Waals surface area contributed by atoms with Gasteiger partial charge in [0.25, 0.3) is 0 Å². The summed E-state index contributed by atoms with van der Waals surface area (Å²) in [5.74, 6) is 0. The van der Waals surface area contributed by atoms with E-state index in [0.717, 1.165) is 53.2 Å². The number of nitrogens with zero attached hydrogens (tertiary/aromatic N) is 3. The van der Waals surface area contributed by atoms with E-state index in [0.29, 0.717) is 0 Å². The maximum absolute atomic E-state index is 10.00. The zero-order valence-electron chi connectivity index (χ0n) is 17.0. The van der Waals surface area contributed by atoms with Gasteiger partial charge in [0.05, 0.1) is 29.0 Å². The Labute approximate surface area is 161 Å². The van der Waals surface area contributed by atoms with Crippen LogP contribution in [-0.4, -0.2) is 30.5 Å². The van der Waals surface area contributed by atoms with E-state index in [-0.39, 0.29) is 6.04 Å². The first kappa shape index (κ1) is 19.4. The summed E-state index contributed by atoms with van der Waals surface area (Å²) in [4.78, 5) is 4.77. The van der Waals surface area contributed by atoms with E-state index in [9.17, 15) is 5.11 Å². The molecule has 144 valence electrons. The molecule has 0 bridgehead atoms. The lowest BCUT2D eigenvalue weighted by Gasteiger charge is -2.21. The second kappa shape index (κ2) is 7.69. The number of rotatable bonds is 7. The Morgan fingerprint density at radius 3 is 2.48 bits per heavy atom. The molecule has 5 nitrogen and oxygen atoms in total. The normalized spacial score (nSPS) is 13.1. The highest BCUT2D eigenvalue weighted by atomic mass is 16.3. The predicted octanol–water partition coefficient (Wildman–Crippen LogP) is 5.06. The lowest BCUT2D eigenvalue weighted by molar-refractivity contribution is 0.0672. The van der Waals surface area contributed by atoms with Crippen LogP contribution in [0.4, 0.5) is 0 Å². The highest BCUT2D eigenvalue weighted by molar-refractivity contribution is 5.81. The van der Waals surface area contributed by atoms with Crippen molar-refractivity contribution in [2.45, 2.75) is 65.5 Å². The molecule has 1 aromatic carbocycles. The lowest BCUT2D eigenvalue weighted by atomic mass is 9.99. The monoisotopic (exact) mass is 366 g/mol. The average Bonchev–Trinajstić information content (AvgIpc) is 3.17. The van der Waals surface area contributed by atoms with Crippen LogP contribution >= 0.6 is 0 Å². The highest BCUT2D eigenvalue weighted by Crippen LogP contribution is 2.37. The van der Waals surface area contributed by atoms with Crippen LogP contribution in [0.3, 0.4) is 0 Å². The fourth-order valence-corrected chi connectivity index (χ4v) is 3.62. The molecule has 0 amide bonds. The van der Waals surface area contributed by atoms with Crippen molar-refractivity contribution in [3.63, 3.8) is 0 Å². The first-order chi connectivity index (χ1) is 12.8. The van der Waals surface area contributed by atoms with Crippen molar-refractivity contribution in [1.29, 1.82) is 0 Å². The molecule has 2 heterocycles. The third kappa shape index (κ3) is 4.30. The van der Waals surface area contributed by atoms with Crippen molar-refractivity contribution in [2.75, 3.05) is 0 Å². The molecular formula is C22H30N4O. The fourth-order valence-electron chi connectivity index (χ4n) is 3.62. The fraction of sp³-hybridized carbons (Fsp3) is 0.455. The van der Waals surface area contributed by atoms with E-state index in [1.54, 1.807) is 0 Å². The summed E-state index contributed by atoms with van der Waals surface area (Å²) in [6.45, 7) is 10.0. The van der Waals surface area contributed by atoms with Gasteiger partial charge in [-0.2, -0.15) is 5.10 Å². The first-order valence-electron chi connectivity index (χ1n) is 9.64.